The average molecular weight is 409 g/mol. The number of ether oxygens (including phenoxy) is 1. The standard InChI is InChI=1S/C13H16N2O.C8H8N2.2C2H6/c1-10-5-6-12-11(8-10)9-14-15(12)13-4-2-3-7-16-13;1-6-2-3-8-7(4-6)5-9-10-8;2*1-2/h5-6,8-9,13H,2-4,7H2,1H3;2-5H,1H3,(H,9,10);2*1-2H3. The van der Waals surface area contributed by atoms with E-state index >= 15 is 0 Å². The van der Waals surface area contributed by atoms with Gasteiger partial charge in [-0.2, -0.15) is 10.2 Å². The molecule has 0 bridgehead atoms. The first-order chi connectivity index (χ1) is 14.7. The smallest absolute Gasteiger partial charge is 0.150 e. The monoisotopic (exact) mass is 408 g/mol. The zero-order valence-corrected chi connectivity index (χ0v) is 19.3. The van der Waals surface area contributed by atoms with E-state index in [1.54, 1.807) is 0 Å². The summed E-state index contributed by atoms with van der Waals surface area (Å²) in [5.74, 6) is 0. The first-order valence-corrected chi connectivity index (χ1v) is 11.2. The first kappa shape index (κ1) is 23.6. The van der Waals surface area contributed by atoms with Crippen LogP contribution in [0.5, 0.6) is 0 Å². The minimum Gasteiger partial charge on any atom is -0.356 e. The van der Waals surface area contributed by atoms with E-state index in [9.17, 15) is 0 Å². The Morgan fingerprint density at radius 1 is 0.900 bits per heavy atom. The van der Waals surface area contributed by atoms with E-state index in [0.29, 0.717) is 0 Å². The predicted molar refractivity (Wildman–Crippen MR) is 127 cm³/mol. The van der Waals surface area contributed by atoms with Crippen LogP contribution in [0.3, 0.4) is 0 Å². The minimum absolute atomic E-state index is 0.133. The number of nitrogens with zero attached hydrogens (tertiary/aromatic N) is 3. The number of H-pyrrole nitrogens is 1. The number of hydrogen-bond donors (Lipinski definition) is 1. The normalized spacial score (nSPS) is 15.3. The van der Waals surface area contributed by atoms with E-state index in [0.717, 1.165) is 18.5 Å². The molecule has 0 amide bonds. The van der Waals surface area contributed by atoms with Crippen LogP contribution in [-0.2, 0) is 4.74 Å². The molecule has 1 unspecified atom stereocenters. The zero-order valence-electron chi connectivity index (χ0n) is 19.3. The summed E-state index contributed by atoms with van der Waals surface area (Å²) < 4.78 is 7.78. The summed E-state index contributed by atoms with van der Waals surface area (Å²) in [5, 5.41) is 13.6. The molecule has 2 aromatic heterocycles. The first-order valence-electron chi connectivity index (χ1n) is 11.2. The van der Waals surface area contributed by atoms with Crippen LogP contribution in [0.2, 0.25) is 0 Å². The number of aromatic nitrogens is 4. The molecule has 0 aliphatic carbocycles. The molecule has 3 heterocycles. The number of hydrogen-bond acceptors (Lipinski definition) is 3. The fraction of sp³-hybridized carbons (Fsp3) is 0.440. The van der Waals surface area contributed by atoms with Gasteiger partial charge >= 0.3 is 0 Å². The van der Waals surface area contributed by atoms with Crippen molar-refractivity contribution < 1.29 is 4.74 Å². The highest BCUT2D eigenvalue weighted by Gasteiger charge is 2.18. The molecule has 2 aromatic carbocycles. The highest BCUT2D eigenvalue weighted by molar-refractivity contribution is 5.79. The van der Waals surface area contributed by atoms with Gasteiger partial charge in [0.05, 0.1) is 23.4 Å². The van der Waals surface area contributed by atoms with E-state index in [-0.39, 0.29) is 6.23 Å². The van der Waals surface area contributed by atoms with Gasteiger partial charge in [-0.1, -0.05) is 51.0 Å². The fourth-order valence-corrected chi connectivity index (χ4v) is 3.38. The van der Waals surface area contributed by atoms with Crippen LogP contribution in [0.15, 0.2) is 48.8 Å². The fourth-order valence-electron chi connectivity index (χ4n) is 3.38. The van der Waals surface area contributed by atoms with Gasteiger partial charge in [-0.3, -0.25) is 5.10 Å². The molecule has 1 atom stereocenters. The summed E-state index contributed by atoms with van der Waals surface area (Å²) in [5.41, 5.74) is 4.83. The molecule has 5 heteroatoms. The van der Waals surface area contributed by atoms with Crippen molar-refractivity contribution in [1.82, 2.24) is 20.0 Å². The van der Waals surface area contributed by atoms with Crippen molar-refractivity contribution >= 4 is 21.8 Å². The number of aromatic amines is 1. The largest absolute Gasteiger partial charge is 0.356 e. The molecule has 1 aliphatic heterocycles. The Morgan fingerprint density at radius 3 is 2.30 bits per heavy atom. The summed E-state index contributed by atoms with van der Waals surface area (Å²) in [4.78, 5) is 0. The van der Waals surface area contributed by atoms with Crippen LogP contribution in [0.4, 0.5) is 0 Å². The third kappa shape index (κ3) is 5.92. The maximum Gasteiger partial charge on any atom is 0.150 e. The molecule has 30 heavy (non-hydrogen) atoms. The van der Waals surface area contributed by atoms with Crippen LogP contribution in [-0.4, -0.2) is 26.6 Å². The maximum atomic E-state index is 5.76. The number of aryl methyl sites for hydroxylation is 2. The Labute approximate surface area is 180 Å². The van der Waals surface area contributed by atoms with E-state index in [4.69, 9.17) is 4.74 Å². The van der Waals surface area contributed by atoms with Gasteiger partial charge in [-0.15, -0.1) is 0 Å². The van der Waals surface area contributed by atoms with Crippen molar-refractivity contribution in [3.05, 3.63) is 59.9 Å². The molecular formula is C25H36N4O. The highest BCUT2D eigenvalue weighted by atomic mass is 16.5. The minimum atomic E-state index is 0.133. The summed E-state index contributed by atoms with van der Waals surface area (Å²) in [7, 11) is 0. The number of benzene rings is 2. The van der Waals surface area contributed by atoms with Crippen LogP contribution in [0.25, 0.3) is 21.8 Å². The Balaban J connectivity index is 0.000000197. The molecule has 1 saturated heterocycles. The van der Waals surface area contributed by atoms with Crippen LogP contribution < -0.4 is 0 Å². The second kappa shape index (κ2) is 12.1. The second-order valence-corrected chi connectivity index (χ2v) is 6.93. The Hall–Kier alpha value is -2.66. The Morgan fingerprint density at radius 2 is 1.60 bits per heavy atom. The van der Waals surface area contributed by atoms with E-state index in [1.165, 1.54) is 40.3 Å². The van der Waals surface area contributed by atoms with E-state index in [1.807, 2.05) is 50.8 Å². The molecule has 162 valence electrons. The average Bonchev–Trinajstić information content (AvgIpc) is 3.44. The number of nitrogens with one attached hydrogen (secondary N) is 1. The van der Waals surface area contributed by atoms with E-state index in [2.05, 4.69) is 59.5 Å². The third-order valence-electron chi connectivity index (χ3n) is 4.78. The Kier molecular flexibility index (Phi) is 9.55. The molecule has 5 rings (SSSR count). The van der Waals surface area contributed by atoms with Crippen molar-refractivity contribution in [3.8, 4) is 0 Å². The lowest BCUT2D eigenvalue weighted by Gasteiger charge is -2.23. The molecule has 4 aromatic rings. The van der Waals surface area contributed by atoms with Gasteiger partial charge in [0.15, 0.2) is 6.23 Å². The predicted octanol–water partition coefficient (Wildman–Crippen LogP) is 6.97. The van der Waals surface area contributed by atoms with Gasteiger partial charge in [0.1, 0.15) is 0 Å². The van der Waals surface area contributed by atoms with Gasteiger partial charge in [0, 0.05) is 17.4 Å². The number of fused-ring (bicyclic) bond motifs is 2. The zero-order chi connectivity index (χ0) is 21.9. The molecule has 1 N–H and O–H groups in total. The molecule has 1 fully saturated rings. The summed E-state index contributed by atoms with van der Waals surface area (Å²) >= 11 is 0. The van der Waals surface area contributed by atoms with Crippen molar-refractivity contribution in [2.75, 3.05) is 6.61 Å². The van der Waals surface area contributed by atoms with Crippen LogP contribution in [0.1, 0.15) is 64.3 Å². The number of rotatable bonds is 1. The van der Waals surface area contributed by atoms with Crippen molar-refractivity contribution in [2.24, 2.45) is 0 Å². The summed E-state index contributed by atoms with van der Waals surface area (Å²) in [6.45, 7) is 13.0. The van der Waals surface area contributed by atoms with Gasteiger partial charge < -0.3 is 4.74 Å². The molecule has 5 nitrogen and oxygen atoms in total. The second-order valence-electron chi connectivity index (χ2n) is 6.93. The van der Waals surface area contributed by atoms with Gasteiger partial charge in [0.2, 0.25) is 0 Å². The van der Waals surface area contributed by atoms with Gasteiger partial charge in [-0.25, -0.2) is 4.68 Å². The van der Waals surface area contributed by atoms with Crippen molar-refractivity contribution in [3.63, 3.8) is 0 Å². The maximum absolute atomic E-state index is 5.76. The molecule has 0 spiro atoms. The lowest BCUT2D eigenvalue weighted by molar-refractivity contribution is -0.0366. The van der Waals surface area contributed by atoms with Gasteiger partial charge in [-0.05, 0) is 57.4 Å². The van der Waals surface area contributed by atoms with Crippen molar-refractivity contribution in [1.29, 1.82) is 0 Å². The summed E-state index contributed by atoms with van der Waals surface area (Å²) in [6, 6.07) is 12.7. The summed E-state index contributed by atoms with van der Waals surface area (Å²) in [6.07, 6.45) is 7.38. The molecule has 0 radical (unpaired) electrons. The van der Waals surface area contributed by atoms with Crippen LogP contribution >= 0.6 is 0 Å². The third-order valence-corrected chi connectivity index (χ3v) is 4.78. The van der Waals surface area contributed by atoms with Gasteiger partial charge in [0.25, 0.3) is 0 Å². The van der Waals surface area contributed by atoms with Crippen molar-refractivity contribution in [2.45, 2.75) is 67.0 Å². The molecular weight excluding hydrogens is 372 g/mol. The SMILES string of the molecule is CC.CC.Cc1ccc2[nH]ncc2c1.Cc1ccc2c(cnn2C2CCCCO2)c1. The highest BCUT2D eigenvalue weighted by Crippen LogP contribution is 2.26. The Bertz CT molecular complexity index is 1010. The van der Waals surface area contributed by atoms with E-state index < -0.39 is 0 Å². The molecule has 1 aliphatic rings. The lowest BCUT2D eigenvalue weighted by atomic mass is 10.1. The van der Waals surface area contributed by atoms with Crippen LogP contribution in [0, 0.1) is 13.8 Å². The molecule has 0 saturated carbocycles. The quantitative estimate of drug-likeness (QED) is 0.370. The topological polar surface area (TPSA) is 55.7 Å². The lowest BCUT2D eigenvalue weighted by Crippen LogP contribution is -2.18.